The normalized spacial score (nSPS) is 18.5. The van der Waals surface area contributed by atoms with E-state index in [1.54, 1.807) is 6.92 Å². The van der Waals surface area contributed by atoms with Crippen molar-refractivity contribution >= 4 is 10.8 Å². The second-order valence-electron chi connectivity index (χ2n) is 9.22. The maximum Gasteiger partial charge on any atom is 0.133 e. The minimum absolute atomic E-state index is 0.136. The maximum atomic E-state index is 14.2. The Morgan fingerprint density at radius 1 is 0.839 bits per heavy atom. The molecule has 1 heteroatoms. The van der Waals surface area contributed by atoms with Crippen LogP contribution in [0, 0.1) is 30.5 Å². The molecule has 0 nitrogen and oxygen atoms in total. The van der Waals surface area contributed by atoms with E-state index in [4.69, 9.17) is 0 Å². The molecule has 3 aromatic carbocycles. The minimum Gasteiger partial charge on any atom is -0.206 e. The second-order valence-corrected chi connectivity index (χ2v) is 9.22. The standard InChI is InChI=1S/C30H33F/c1-3-4-5-6-23-10-16-26(17-11-23)27-18-12-24(13-19-27)8-9-25-14-20-29-28(21-25)15-7-22(2)30(29)31/h7,12-15,18-21,23,26H,3-6,10-11,16-17H2,1-2H3. The lowest BCUT2D eigenvalue weighted by molar-refractivity contribution is 0.303. The van der Waals surface area contributed by atoms with E-state index in [0.717, 1.165) is 22.4 Å². The number of aryl methyl sites for hydroxylation is 1. The van der Waals surface area contributed by atoms with Crippen LogP contribution in [0.5, 0.6) is 0 Å². The molecular formula is C30H33F. The van der Waals surface area contributed by atoms with Gasteiger partial charge in [0, 0.05) is 16.5 Å². The maximum absolute atomic E-state index is 14.2. The predicted molar refractivity (Wildman–Crippen MR) is 130 cm³/mol. The summed E-state index contributed by atoms with van der Waals surface area (Å²) >= 11 is 0. The van der Waals surface area contributed by atoms with Gasteiger partial charge in [-0.1, -0.05) is 74.8 Å². The Bertz CT molecular complexity index is 1070. The molecular weight excluding hydrogens is 379 g/mol. The van der Waals surface area contributed by atoms with E-state index in [9.17, 15) is 4.39 Å². The number of fused-ring (bicyclic) bond motifs is 1. The number of unbranched alkanes of at least 4 members (excludes halogenated alkanes) is 2. The summed E-state index contributed by atoms with van der Waals surface area (Å²) in [4.78, 5) is 0. The van der Waals surface area contributed by atoms with Gasteiger partial charge in [0.05, 0.1) is 0 Å². The van der Waals surface area contributed by atoms with Gasteiger partial charge in [0.25, 0.3) is 0 Å². The van der Waals surface area contributed by atoms with Gasteiger partial charge in [-0.05, 0) is 85.2 Å². The number of hydrogen-bond acceptors (Lipinski definition) is 0. The number of hydrogen-bond donors (Lipinski definition) is 0. The fraction of sp³-hybridized carbons (Fsp3) is 0.400. The second kappa shape index (κ2) is 10.1. The van der Waals surface area contributed by atoms with Gasteiger partial charge in [0.2, 0.25) is 0 Å². The average Bonchev–Trinajstić information content (AvgIpc) is 2.81. The third-order valence-electron chi connectivity index (χ3n) is 6.94. The first kappa shape index (κ1) is 21.6. The summed E-state index contributed by atoms with van der Waals surface area (Å²) in [6, 6.07) is 18.3. The highest BCUT2D eigenvalue weighted by Crippen LogP contribution is 2.37. The molecule has 0 radical (unpaired) electrons. The third kappa shape index (κ3) is 5.37. The van der Waals surface area contributed by atoms with Gasteiger partial charge >= 0.3 is 0 Å². The summed E-state index contributed by atoms with van der Waals surface area (Å²) in [6.45, 7) is 4.08. The van der Waals surface area contributed by atoms with Crippen molar-refractivity contribution in [3.05, 3.63) is 82.7 Å². The molecule has 0 unspecified atom stereocenters. The summed E-state index contributed by atoms with van der Waals surface area (Å²) in [7, 11) is 0. The Balaban J connectivity index is 1.38. The van der Waals surface area contributed by atoms with Crippen LogP contribution in [0.4, 0.5) is 4.39 Å². The summed E-state index contributed by atoms with van der Waals surface area (Å²) in [5.74, 6) is 8.04. The van der Waals surface area contributed by atoms with Crippen LogP contribution >= 0.6 is 0 Å². The number of rotatable bonds is 5. The number of halogens is 1. The van der Waals surface area contributed by atoms with Gasteiger partial charge in [-0.25, -0.2) is 4.39 Å². The lowest BCUT2D eigenvalue weighted by atomic mass is 9.77. The Kier molecular flexibility index (Phi) is 7.08. The van der Waals surface area contributed by atoms with E-state index in [-0.39, 0.29) is 5.82 Å². The van der Waals surface area contributed by atoms with Crippen molar-refractivity contribution in [3.8, 4) is 11.8 Å². The van der Waals surface area contributed by atoms with Gasteiger partial charge in [0.15, 0.2) is 0 Å². The van der Waals surface area contributed by atoms with Crippen molar-refractivity contribution in [3.63, 3.8) is 0 Å². The fourth-order valence-corrected chi connectivity index (χ4v) is 4.93. The molecule has 4 rings (SSSR count). The molecule has 0 aliphatic heterocycles. The van der Waals surface area contributed by atoms with Gasteiger partial charge < -0.3 is 0 Å². The van der Waals surface area contributed by atoms with Crippen LogP contribution in [0.1, 0.15) is 86.5 Å². The van der Waals surface area contributed by atoms with E-state index in [1.807, 2.05) is 30.3 Å². The quantitative estimate of drug-likeness (QED) is 0.291. The fourth-order valence-electron chi connectivity index (χ4n) is 4.93. The largest absolute Gasteiger partial charge is 0.206 e. The van der Waals surface area contributed by atoms with Gasteiger partial charge in [0.1, 0.15) is 5.82 Å². The van der Waals surface area contributed by atoms with Crippen LogP contribution in [0.15, 0.2) is 54.6 Å². The van der Waals surface area contributed by atoms with E-state index < -0.39 is 0 Å². The minimum atomic E-state index is -0.136. The zero-order valence-corrected chi connectivity index (χ0v) is 18.9. The van der Waals surface area contributed by atoms with Crippen molar-refractivity contribution in [1.29, 1.82) is 0 Å². The molecule has 1 fully saturated rings. The van der Waals surface area contributed by atoms with Crippen LogP contribution in [-0.4, -0.2) is 0 Å². The van der Waals surface area contributed by atoms with Gasteiger partial charge in [-0.2, -0.15) is 0 Å². The van der Waals surface area contributed by atoms with Crippen molar-refractivity contribution in [2.75, 3.05) is 0 Å². The van der Waals surface area contributed by atoms with Crippen LogP contribution in [0.25, 0.3) is 10.8 Å². The smallest absolute Gasteiger partial charge is 0.133 e. The molecule has 0 amide bonds. The highest BCUT2D eigenvalue weighted by molar-refractivity contribution is 5.85. The van der Waals surface area contributed by atoms with Crippen LogP contribution < -0.4 is 0 Å². The first-order valence-electron chi connectivity index (χ1n) is 11.9. The van der Waals surface area contributed by atoms with Crippen molar-refractivity contribution in [2.24, 2.45) is 5.92 Å². The van der Waals surface area contributed by atoms with E-state index in [0.29, 0.717) is 16.9 Å². The zero-order chi connectivity index (χ0) is 21.6. The summed E-state index contributed by atoms with van der Waals surface area (Å²) < 4.78 is 14.2. The van der Waals surface area contributed by atoms with Crippen LogP contribution in [0.3, 0.4) is 0 Å². The first-order valence-corrected chi connectivity index (χ1v) is 11.9. The molecule has 160 valence electrons. The summed E-state index contributed by atoms with van der Waals surface area (Å²) in [5, 5.41) is 1.56. The SMILES string of the molecule is CCCCCC1CCC(c2ccc(C#Cc3ccc4c(F)c(C)ccc4c3)cc2)CC1. The van der Waals surface area contributed by atoms with Crippen molar-refractivity contribution < 1.29 is 4.39 Å². The summed E-state index contributed by atoms with van der Waals surface area (Å²) in [5.41, 5.74) is 4.10. The number of benzene rings is 3. The highest BCUT2D eigenvalue weighted by atomic mass is 19.1. The van der Waals surface area contributed by atoms with Crippen molar-refractivity contribution in [1.82, 2.24) is 0 Å². The lowest BCUT2D eigenvalue weighted by Gasteiger charge is -2.29. The van der Waals surface area contributed by atoms with Gasteiger partial charge in [-0.3, -0.25) is 0 Å². The topological polar surface area (TPSA) is 0 Å². The molecule has 1 saturated carbocycles. The van der Waals surface area contributed by atoms with Crippen molar-refractivity contribution in [2.45, 2.75) is 71.1 Å². The van der Waals surface area contributed by atoms with E-state index >= 15 is 0 Å². The predicted octanol–water partition coefficient (Wildman–Crippen LogP) is 8.54. The average molecular weight is 413 g/mol. The molecule has 3 aromatic rings. The molecule has 0 spiro atoms. The lowest BCUT2D eigenvalue weighted by Crippen LogP contribution is -2.13. The third-order valence-corrected chi connectivity index (χ3v) is 6.94. The molecule has 0 bridgehead atoms. The molecule has 0 atom stereocenters. The van der Waals surface area contributed by atoms with E-state index in [1.165, 1.54) is 56.9 Å². The molecule has 0 heterocycles. The Labute approximate surface area is 186 Å². The molecule has 1 aliphatic carbocycles. The Hall–Kier alpha value is -2.59. The molecule has 1 aliphatic rings. The first-order chi connectivity index (χ1) is 15.1. The monoisotopic (exact) mass is 412 g/mol. The van der Waals surface area contributed by atoms with Crippen LogP contribution in [0.2, 0.25) is 0 Å². The molecule has 0 aromatic heterocycles. The van der Waals surface area contributed by atoms with Crippen LogP contribution in [-0.2, 0) is 0 Å². The molecule has 0 N–H and O–H groups in total. The zero-order valence-electron chi connectivity index (χ0n) is 18.9. The summed E-state index contributed by atoms with van der Waals surface area (Å²) in [6.07, 6.45) is 11.0. The Morgan fingerprint density at radius 3 is 2.29 bits per heavy atom. The molecule has 0 saturated heterocycles. The molecule has 31 heavy (non-hydrogen) atoms. The van der Waals surface area contributed by atoms with Gasteiger partial charge in [-0.15, -0.1) is 0 Å². The van der Waals surface area contributed by atoms with E-state index in [2.05, 4.69) is 43.0 Å². The Morgan fingerprint density at radius 2 is 1.55 bits per heavy atom. The highest BCUT2D eigenvalue weighted by Gasteiger charge is 2.21.